The lowest BCUT2D eigenvalue weighted by molar-refractivity contribution is -0.118. The highest BCUT2D eigenvalue weighted by Crippen LogP contribution is 2.10. The first-order chi connectivity index (χ1) is 11.2. The van der Waals surface area contributed by atoms with Crippen molar-refractivity contribution in [2.24, 2.45) is 0 Å². The van der Waals surface area contributed by atoms with Crippen LogP contribution in [0.3, 0.4) is 0 Å². The Labute approximate surface area is 136 Å². The molecule has 3 nitrogen and oxygen atoms in total. The van der Waals surface area contributed by atoms with Gasteiger partial charge in [-0.05, 0) is 24.3 Å². The van der Waals surface area contributed by atoms with Crippen LogP contribution in [0.15, 0.2) is 54.6 Å². The molecule has 0 spiro atoms. The largest absolute Gasteiger partial charge is 0.497 e. The molecular weight excluding hydrogens is 288 g/mol. The number of hydrogen-bond donors (Lipinski definition) is 0. The molecule has 0 aliphatic heterocycles. The van der Waals surface area contributed by atoms with Crippen molar-refractivity contribution in [3.8, 4) is 17.6 Å². The van der Waals surface area contributed by atoms with Gasteiger partial charge in [0, 0.05) is 24.0 Å². The lowest BCUT2D eigenvalue weighted by Gasteiger charge is -1.99. The van der Waals surface area contributed by atoms with Crippen LogP contribution in [-0.4, -0.2) is 18.7 Å². The van der Waals surface area contributed by atoms with Crippen molar-refractivity contribution in [3.05, 3.63) is 65.7 Å². The molecule has 0 unspecified atom stereocenters. The third-order valence-corrected chi connectivity index (χ3v) is 3.31. The number of carbonyl (C=O) groups is 2. The van der Waals surface area contributed by atoms with Crippen LogP contribution in [0.4, 0.5) is 0 Å². The van der Waals surface area contributed by atoms with E-state index >= 15 is 0 Å². The highest BCUT2D eigenvalue weighted by atomic mass is 16.5. The number of hydrogen-bond acceptors (Lipinski definition) is 3. The highest BCUT2D eigenvalue weighted by Gasteiger charge is 2.10. The first-order valence-electron chi connectivity index (χ1n) is 7.42. The van der Waals surface area contributed by atoms with Crippen molar-refractivity contribution in [2.75, 3.05) is 7.11 Å². The Morgan fingerprint density at radius 1 is 1.00 bits per heavy atom. The van der Waals surface area contributed by atoms with E-state index in [1.807, 2.05) is 30.3 Å². The summed E-state index contributed by atoms with van der Waals surface area (Å²) in [5.74, 6) is 6.52. The van der Waals surface area contributed by atoms with E-state index in [1.165, 1.54) is 0 Å². The van der Waals surface area contributed by atoms with Gasteiger partial charge in [-0.25, -0.2) is 0 Å². The molecule has 3 heteroatoms. The fraction of sp³-hybridized carbons (Fsp3) is 0.200. The Balaban J connectivity index is 1.79. The average molecular weight is 306 g/mol. The Morgan fingerprint density at radius 3 is 2.35 bits per heavy atom. The lowest BCUT2D eigenvalue weighted by atomic mass is 10.0. The number of ether oxygens (including phenoxy) is 1. The molecule has 0 aliphatic rings. The van der Waals surface area contributed by atoms with Crippen LogP contribution in [-0.2, 0) is 4.79 Å². The summed E-state index contributed by atoms with van der Waals surface area (Å²) in [6.45, 7) is 0. The minimum Gasteiger partial charge on any atom is -0.497 e. The average Bonchev–Trinajstić information content (AvgIpc) is 2.60. The van der Waals surface area contributed by atoms with Crippen LogP contribution >= 0.6 is 0 Å². The lowest BCUT2D eigenvalue weighted by Crippen LogP contribution is -2.07. The predicted molar refractivity (Wildman–Crippen MR) is 89.5 cm³/mol. The molecule has 0 aliphatic carbocycles. The molecule has 0 atom stereocenters. The van der Waals surface area contributed by atoms with Crippen LogP contribution in [0.25, 0.3) is 0 Å². The third kappa shape index (κ3) is 5.44. The van der Waals surface area contributed by atoms with Gasteiger partial charge in [0.2, 0.25) is 0 Å². The van der Waals surface area contributed by atoms with E-state index in [0.717, 1.165) is 11.3 Å². The summed E-state index contributed by atoms with van der Waals surface area (Å²) in [6.07, 6.45) is 0.683. The maximum absolute atomic E-state index is 11.9. The van der Waals surface area contributed by atoms with E-state index in [1.54, 1.807) is 31.4 Å². The number of carbonyl (C=O) groups excluding carboxylic acids is 2. The van der Waals surface area contributed by atoms with E-state index in [-0.39, 0.29) is 18.0 Å². The first kappa shape index (κ1) is 16.5. The van der Waals surface area contributed by atoms with Gasteiger partial charge in [0.15, 0.2) is 5.78 Å². The zero-order valence-electron chi connectivity index (χ0n) is 13.0. The van der Waals surface area contributed by atoms with E-state index in [4.69, 9.17) is 4.74 Å². The smallest absolute Gasteiger partial charge is 0.170 e. The van der Waals surface area contributed by atoms with E-state index in [9.17, 15) is 9.59 Å². The molecule has 0 saturated carbocycles. The number of rotatable bonds is 6. The normalized spacial score (nSPS) is 9.61. The molecule has 2 aromatic rings. The van der Waals surface area contributed by atoms with E-state index in [2.05, 4.69) is 11.8 Å². The Morgan fingerprint density at radius 2 is 1.70 bits per heavy atom. The van der Waals surface area contributed by atoms with Gasteiger partial charge in [-0.3, -0.25) is 9.59 Å². The van der Waals surface area contributed by atoms with Gasteiger partial charge in [-0.2, -0.15) is 0 Å². The maximum Gasteiger partial charge on any atom is 0.170 e. The summed E-state index contributed by atoms with van der Waals surface area (Å²) in [6, 6.07) is 16.3. The van der Waals surface area contributed by atoms with Gasteiger partial charge < -0.3 is 4.74 Å². The molecule has 0 saturated heterocycles. The van der Waals surface area contributed by atoms with E-state index < -0.39 is 0 Å². The predicted octanol–water partition coefficient (Wildman–Crippen LogP) is 3.67. The van der Waals surface area contributed by atoms with Crippen molar-refractivity contribution in [1.29, 1.82) is 0 Å². The standard InChI is InChI=1S/C20H18O3/c1-23-19-13-11-16(12-14-19)7-5-6-10-18(21)15-20(22)17-8-3-2-4-9-17/h2-4,8-9,11-14H,6,10,15H2,1H3. The molecule has 0 aromatic heterocycles. The fourth-order valence-corrected chi connectivity index (χ4v) is 2.03. The van der Waals surface area contributed by atoms with Gasteiger partial charge in [-0.1, -0.05) is 42.2 Å². The molecule has 0 amide bonds. The molecule has 23 heavy (non-hydrogen) atoms. The van der Waals surface area contributed by atoms with E-state index in [0.29, 0.717) is 18.4 Å². The molecule has 0 bridgehead atoms. The molecule has 0 heterocycles. The van der Waals surface area contributed by atoms with Crippen molar-refractivity contribution in [1.82, 2.24) is 0 Å². The van der Waals surface area contributed by atoms with Crippen LogP contribution in [0.5, 0.6) is 5.75 Å². The number of benzene rings is 2. The van der Waals surface area contributed by atoms with Gasteiger partial charge in [0.05, 0.1) is 13.5 Å². The SMILES string of the molecule is COc1ccc(C#CCCC(=O)CC(=O)c2ccccc2)cc1. The minimum atomic E-state index is -0.140. The number of methoxy groups -OCH3 is 1. The molecule has 0 fully saturated rings. The Kier molecular flexibility index (Phi) is 6.14. The summed E-state index contributed by atoms with van der Waals surface area (Å²) in [7, 11) is 1.61. The van der Waals surface area contributed by atoms with Crippen LogP contribution in [0.1, 0.15) is 35.2 Å². The zero-order valence-corrected chi connectivity index (χ0v) is 13.0. The summed E-state index contributed by atoms with van der Waals surface area (Å²) in [4.78, 5) is 23.7. The Bertz CT molecular complexity index is 719. The van der Waals surface area contributed by atoms with Crippen LogP contribution in [0.2, 0.25) is 0 Å². The van der Waals surface area contributed by atoms with Crippen molar-refractivity contribution in [3.63, 3.8) is 0 Å². The van der Waals surface area contributed by atoms with Crippen molar-refractivity contribution >= 4 is 11.6 Å². The highest BCUT2D eigenvalue weighted by molar-refractivity contribution is 6.07. The topological polar surface area (TPSA) is 43.4 Å². The molecular formula is C20H18O3. The van der Waals surface area contributed by atoms with Crippen molar-refractivity contribution < 1.29 is 14.3 Å². The molecule has 0 N–H and O–H groups in total. The minimum absolute atomic E-state index is 0.0613. The zero-order chi connectivity index (χ0) is 16.5. The Hall–Kier alpha value is -2.86. The second kappa shape index (κ2) is 8.55. The molecule has 2 aromatic carbocycles. The monoisotopic (exact) mass is 306 g/mol. The number of ketones is 2. The second-order valence-electron chi connectivity index (χ2n) is 5.03. The third-order valence-electron chi connectivity index (χ3n) is 3.31. The van der Waals surface area contributed by atoms with Crippen LogP contribution in [0, 0.1) is 11.8 Å². The summed E-state index contributed by atoms with van der Waals surface area (Å²) in [5.41, 5.74) is 1.45. The molecule has 116 valence electrons. The number of Topliss-reactive ketones (excluding diaryl/α,β-unsaturated/α-hetero) is 2. The maximum atomic E-state index is 11.9. The molecule has 2 rings (SSSR count). The summed E-state index contributed by atoms with van der Waals surface area (Å²) in [5, 5.41) is 0. The van der Waals surface area contributed by atoms with Gasteiger partial charge in [0.1, 0.15) is 11.5 Å². The quantitative estimate of drug-likeness (QED) is 0.464. The molecule has 0 radical (unpaired) electrons. The van der Waals surface area contributed by atoms with Gasteiger partial charge in [-0.15, -0.1) is 0 Å². The van der Waals surface area contributed by atoms with Gasteiger partial charge in [0.25, 0.3) is 0 Å². The van der Waals surface area contributed by atoms with Crippen LogP contribution < -0.4 is 4.74 Å². The first-order valence-corrected chi connectivity index (χ1v) is 7.42. The van der Waals surface area contributed by atoms with Gasteiger partial charge >= 0.3 is 0 Å². The summed E-state index contributed by atoms with van der Waals surface area (Å²) < 4.78 is 5.07. The second-order valence-corrected chi connectivity index (χ2v) is 5.03. The van der Waals surface area contributed by atoms with Crippen molar-refractivity contribution in [2.45, 2.75) is 19.3 Å². The fourth-order valence-electron chi connectivity index (χ4n) is 2.03. The summed E-state index contributed by atoms with van der Waals surface area (Å²) >= 11 is 0.